The van der Waals surface area contributed by atoms with Crippen molar-refractivity contribution in [3.63, 3.8) is 0 Å². The van der Waals surface area contributed by atoms with Crippen molar-refractivity contribution in [2.24, 2.45) is 5.92 Å². The van der Waals surface area contributed by atoms with E-state index in [9.17, 15) is 9.59 Å². The van der Waals surface area contributed by atoms with Gasteiger partial charge in [0.25, 0.3) is 0 Å². The predicted molar refractivity (Wildman–Crippen MR) is 114 cm³/mol. The average molecular weight is 407 g/mol. The predicted octanol–water partition coefficient (Wildman–Crippen LogP) is 3.41. The molecule has 3 heterocycles. The number of carbonyl (C=O) groups excluding carboxylic acids is 2. The molecule has 1 aliphatic rings. The molecular weight excluding hydrogens is 382 g/mol. The fraction of sp³-hybridized carbons (Fsp3) is 0.318. The molecule has 0 spiro atoms. The lowest BCUT2D eigenvalue weighted by Crippen LogP contribution is -2.28. The van der Waals surface area contributed by atoms with Gasteiger partial charge in [-0.2, -0.15) is 0 Å². The number of urea groups is 1. The van der Waals surface area contributed by atoms with Crippen LogP contribution in [0, 0.1) is 5.92 Å². The molecule has 1 saturated heterocycles. The maximum absolute atomic E-state index is 12.2. The molecule has 0 radical (unpaired) electrons. The van der Waals surface area contributed by atoms with Crippen LogP contribution in [0.1, 0.15) is 24.8 Å². The van der Waals surface area contributed by atoms with Crippen molar-refractivity contribution in [3.05, 3.63) is 60.6 Å². The highest BCUT2D eigenvalue weighted by Gasteiger charge is 2.17. The van der Waals surface area contributed by atoms with Gasteiger partial charge >= 0.3 is 6.03 Å². The number of amides is 3. The maximum Gasteiger partial charge on any atom is 0.319 e. The third-order valence-electron chi connectivity index (χ3n) is 5.14. The van der Waals surface area contributed by atoms with E-state index in [0.717, 1.165) is 37.3 Å². The van der Waals surface area contributed by atoms with Crippen LogP contribution in [0.15, 0.2) is 55.0 Å². The number of fused-ring (bicyclic) bond motifs is 1. The van der Waals surface area contributed by atoms with Crippen molar-refractivity contribution in [2.45, 2.75) is 25.8 Å². The fourth-order valence-corrected chi connectivity index (χ4v) is 3.49. The summed E-state index contributed by atoms with van der Waals surface area (Å²) in [4.78, 5) is 28.5. The lowest BCUT2D eigenvalue weighted by molar-refractivity contribution is -0.117. The Labute approximate surface area is 174 Å². The molecule has 0 atom stereocenters. The highest BCUT2D eigenvalue weighted by molar-refractivity contribution is 5.92. The molecule has 8 nitrogen and oxygen atoms in total. The van der Waals surface area contributed by atoms with Gasteiger partial charge in [0, 0.05) is 56.1 Å². The van der Waals surface area contributed by atoms with E-state index >= 15 is 0 Å². The molecule has 3 aromatic rings. The van der Waals surface area contributed by atoms with Crippen LogP contribution in [-0.2, 0) is 16.1 Å². The molecule has 0 saturated carbocycles. The SMILES string of the molecule is O=C(CC1CCOCC1)Nc1ccc(NC(=O)NCc2ccc3nccn3c2)cc1. The van der Waals surface area contributed by atoms with Gasteiger partial charge in [0.1, 0.15) is 5.65 Å². The molecule has 0 unspecified atom stereocenters. The van der Waals surface area contributed by atoms with Gasteiger partial charge in [-0.05, 0) is 54.7 Å². The van der Waals surface area contributed by atoms with E-state index in [2.05, 4.69) is 20.9 Å². The molecular formula is C22H25N5O3. The van der Waals surface area contributed by atoms with Gasteiger partial charge in [0.05, 0.1) is 0 Å². The Hall–Kier alpha value is -3.39. The molecule has 8 heteroatoms. The number of ether oxygens (including phenoxy) is 1. The third-order valence-corrected chi connectivity index (χ3v) is 5.14. The summed E-state index contributed by atoms with van der Waals surface area (Å²) in [5.41, 5.74) is 3.20. The summed E-state index contributed by atoms with van der Waals surface area (Å²) in [5.74, 6) is 0.396. The minimum atomic E-state index is -0.294. The minimum Gasteiger partial charge on any atom is -0.381 e. The number of carbonyl (C=O) groups is 2. The molecule has 1 aliphatic heterocycles. The molecule has 2 aromatic heterocycles. The van der Waals surface area contributed by atoms with Crippen molar-refractivity contribution in [2.75, 3.05) is 23.8 Å². The first-order valence-electron chi connectivity index (χ1n) is 10.1. The van der Waals surface area contributed by atoms with E-state index < -0.39 is 0 Å². The van der Waals surface area contributed by atoms with Crippen molar-refractivity contribution in [1.82, 2.24) is 14.7 Å². The highest BCUT2D eigenvalue weighted by atomic mass is 16.5. The van der Waals surface area contributed by atoms with Gasteiger partial charge in [-0.3, -0.25) is 4.79 Å². The summed E-state index contributed by atoms with van der Waals surface area (Å²) in [6.07, 6.45) is 7.90. The number of hydrogen-bond donors (Lipinski definition) is 3. The Bertz CT molecular complexity index is 1010. The molecule has 1 aromatic carbocycles. The Morgan fingerprint density at radius 3 is 2.53 bits per heavy atom. The molecule has 1 fully saturated rings. The van der Waals surface area contributed by atoms with Gasteiger partial charge in [-0.25, -0.2) is 9.78 Å². The number of anilines is 2. The van der Waals surface area contributed by atoms with E-state index in [1.165, 1.54) is 0 Å². The number of rotatable bonds is 6. The van der Waals surface area contributed by atoms with Gasteiger partial charge in [-0.15, -0.1) is 0 Å². The number of hydrogen-bond acceptors (Lipinski definition) is 4. The highest BCUT2D eigenvalue weighted by Crippen LogP contribution is 2.20. The van der Waals surface area contributed by atoms with Gasteiger partial charge < -0.3 is 25.1 Å². The minimum absolute atomic E-state index is 0.00946. The fourth-order valence-electron chi connectivity index (χ4n) is 3.49. The van der Waals surface area contributed by atoms with Crippen molar-refractivity contribution in [1.29, 1.82) is 0 Å². The summed E-state index contributed by atoms with van der Waals surface area (Å²) in [6, 6.07) is 10.6. The van der Waals surface area contributed by atoms with Gasteiger partial charge in [-0.1, -0.05) is 6.07 Å². The smallest absolute Gasteiger partial charge is 0.319 e. The molecule has 4 rings (SSSR count). The topological polar surface area (TPSA) is 96.8 Å². The summed E-state index contributed by atoms with van der Waals surface area (Å²) < 4.78 is 7.23. The average Bonchev–Trinajstić information content (AvgIpc) is 3.22. The molecule has 30 heavy (non-hydrogen) atoms. The first-order chi connectivity index (χ1) is 14.7. The molecule has 0 bridgehead atoms. The second-order valence-corrected chi connectivity index (χ2v) is 7.42. The van der Waals surface area contributed by atoms with Crippen molar-refractivity contribution < 1.29 is 14.3 Å². The zero-order valence-corrected chi connectivity index (χ0v) is 16.6. The maximum atomic E-state index is 12.2. The number of aromatic nitrogens is 2. The standard InChI is InChI=1S/C22H25N5O3/c28-21(13-16-7-11-30-12-8-16)25-18-2-4-19(5-3-18)26-22(29)24-14-17-1-6-20-23-9-10-27(20)15-17/h1-6,9-10,15-16H,7-8,11-14H2,(H,25,28)(H2,24,26,29). The Morgan fingerprint density at radius 1 is 1.03 bits per heavy atom. The van der Waals surface area contributed by atoms with Crippen molar-refractivity contribution in [3.8, 4) is 0 Å². The first-order valence-corrected chi connectivity index (χ1v) is 10.1. The Morgan fingerprint density at radius 2 is 1.77 bits per heavy atom. The van der Waals surface area contributed by atoms with Gasteiger partial charge in [0.2, 0.25) is 5.91 Å². The Balaban J connectivity index is 1.23. The number of nitrogens with one attached hydrogen (secondary N) is 3. The van der Waals surface area contributed by atoms with Crippen molar-refractivity contribution >= 4 is 29.0 Å². The van der Waals surface area contributed by atoms with Crippen LogP contribution < -0.4 is 16.0 Å². The monoisotopic (exact) mass is 407 g/mol. The summed E-state index contributed by atoms with van der Waals surface area (Å²) in [7, 11) is 0. The summed E-state index contributed by atoms with van der Waals surface area (Å²) in [5, 5.41) is 8.54. The zero-order valence-electron chi connectivity index (χ0n) is 16.6. The van der Waals surface area contributed by atoms with Crippen LogP contribution in [0.4, 0.5) is 16.2 Å². The van der Waals surface area contributed by atoms with Gasteiger partial charge in [0.15, 0.2) is 0 Å². The molecule has 0 aliphatic carbocycles. The normalized spacial score (nSPS) is 14.4. The van der Waals surface area contributed by atoms with E-state index in [1.54, 1.807) is 30.5 Å². The van der Waals surface area contributed by atoms with Crippen LogP contribution in [0.5, 0.6) is 0 Å². The molecule has 3 N–H and O–H groups in total. The molecule has 156 valence electrons. The third kappa shape index (κ3) is 5.36. The number of imidazole rings is 1. The zero-order chi connectivity index (χ0) is 20.8. The van der Waals surface area contributed by atoms with Crippen LogP contribution in [0.2, 0.25) is 0 Å². The second-order valence-electron chi connectivity index (χ2n) is 7.42. The number of nitrogens with zero attached hydrogens (tertiary/aromatic N) is 2. The summed E-state index contributed by atoms with van der Waals surface area (Å²) in [6.45, 7) is 1.87. The van der Waals surface area contributed by atoms with Crippen LogP contribution in [0.3, 0.4) is 0 Å². The van der Waals surface area contributed by atoms with E-state index in [4.69, 9.17) is 4.74 Å². The lowest BCUT2D eigenvalue weighted by atomic mass is 9.96. The largest absolute Gasteiger partial charge is 0.381 e. The first kappa shape index (κ1) is 19.9. The number of pyridine rings is 1. The molecule has 3 amide bonds. The second kappa shape index (κ2) is 9.41. The van der Waals surface area contributed by atoms with E-state index in [-0.39, 0.29) is 11.9 Å². The van der Waals surface area contributed by atoms with E-state index in [0.29, 0.717) is 30.3 Å². The summed E-state index contributed by atoms with van der Waals surface area (Å²) >= 11 is 0. The van der Waals surface area contributed by atoms with Crippen LogP contribution in [0.25, 0.3) is 5.65 Å². The lowest BCUT2D eigenvalue weighted by Gasteiger charge is -2.21. The van der Waals surface area contributed by atoms with Crippen LogP contribution in [-0.4, -0.2) is 34.5 Å². The Kier molecular flexibility index (Phi) is 6.24. The van der Waals surface area contributed by atoms with Crippen LogP contribution >= 0.6 is 0 Å². The van der Waals surface area contributed by atoms with E-state index in [1.807, 2.05) is 28.9 Å². The quantitative estimate of drug-likeness (QED) is 0.583. The number of benzene rings is 1.